The number of ether oxygens (including phenoxy) is 1. The van der Waals surface area contributed by atoms with Crippen LogP contribution in [0.5, 0.6) is 5.75 Å². The highest BCUT2D eigenvalue weighted by atomic mass is 16.5. The fourth-order valence-electron chi connectivity index (χ4n) is 2.17. The van der Waals surface area contributed by atoms with E-state index in [4.69, 9.17) is 4.74 Å². The van der Waals surface area contributed by atoms with E-state index in [1.54, 1.807) is 33.1 Å². The van der Waals surface area contributed by atoms with Crippen molar-refractivity contribution in [2.24, 2.45) is 0 Å². The highest BCUT2D eigenvalue weighted by Crippen LogP contribution is 2.23. The van der Waals surface area contributed by atoms with Crippen LogP contribution in [-0.4, -0.2) is 47.8 Å². The van der Waals surface area contributed by atoms with Gasteiger partial charge in [0.1, 0.15) is 5.75 Å². The van der Waals surface area contributed by atoms with E-state index in [9.17, 15) is 9.90 Å². The topological polar surface area (TPSA) is 61.8 Å². The molecule has 0 aromatic heterocycles. The highest BCUT2D eigenvalue weighted by molar-refractivity contribution is 5.95. The average Bonchev–Trinajstić information content (AvgIpc) is 2.43. The standard InChI is InChI=1S/C16H26N2O3/c1-6-18(11-16(3,4)20)12(2)15(19)17-13-9-7-8-10-14(13)21-5/h7-10,12,20H,6,11H2,1-5H3,(H,17,19). The van der Waals surface area contributed by atoms with Crippen molar-refractivity contribution in [3.05, 3.63) is 24.3 Å². The maximum atomic E-state index is 12.4. The first kappa shape index (κ1) is 17.5. The summed E-state index contributed by atoms with van der Waals surface area (Å²) in [5.74, 6) is 0.509. The molecule has 2 N–H and O–H groups in total. The molecule has 0 aliphatic rings. The van der Waals surface area contributed by atoms with Gasteiger partial charge in [0.05, 0.1) is 24.4 Å². The maximum absolute atomic E-state index is 12.4. The lowest BCUT2D eigenvalue weighted by atomic mass is 10.1. The zero-order valence-corrected chi connectivity index (χ0v) is 13.5. The van der Waals surface area contributed by atoms with E-state index < -0.39 is 5.60 Å². The molecule has 1 atom stereocenters. The summed E-state index contributed by atoms with van der Waals surface area (Å²) >= 11 is 0. The molecular weight excluding hydrogens is 268 g/mol. The number of anilines is 1. The maximum Gasteiger partial charge on any atom is 0.241 e. The van der Waals surface area contributed by atoms with Gasteiger partial charge in [-0.15, -0.1) is 0 Å². The molecule has 0 heterocycles. The summed E-state index contributed by atoms with van der Waals surface area (Å²) in [6.45, 7) is 8.40. The molecule has 0 aliphatic carbocycles. The predicted octanol–water partition coefficient (Wildman–Crippen LogP) is 2.11. The molecule has 0 aliphatic heterocycles. The van der Waals surface area contributed by atoms with Crippen LogP contribution in [0.2, 0.25) is 0 Å². The molecule has 0 radical (unpaired) electrons. The van der Waals surface area contributed by atoms with Crippen molar-refractivity contribution in [2.45, 2.75) is 39.3 Å². The summed E-state index contributed by atoms with van der Waals surface area (Å²) in [5, 5.41) is 12.8. The zero-order chi connectivity index (χ0) is 16.0. The summed E-state index contributed by atoms with van der Waals surface area (Å²) in [6.07, 6.45) is 0. The molecule has 21 heavy (non-hydrogen) atoms. The number of methoxy groups -OCH3 is 1. The Bertz CT molecular complexity index is 469. The van der Waals surface area contributed by atoms with Crippen molar-refractivity contribution >= 4 is 11.6 Å². The van der Waals surface area contributed by atoms with E-state index in [1.165, 1.54) is 0 Å². The van der Waals surface area contributed by atoms with Crippen LogP contribution in [0, 0.1) is 0 Å². The van der Waals surface area contributed by atoms with Gasteiger partial charge in [-0.1, -0.05) is 19.1 Å². The van der Waals surface area contributed by atoms with Crippen LogP contribution < -0.4 is 10.1 Å². The molecule has 0 spiro atoms. The van der Waals surface area contributed by atoms with Crippen molar-refractivity contribution in [1.82, 2.24) is 4.90 Å². The minimum atomic E-state index is -0.838. The minimum Gasteiger partial charge on any atom is -0.495 e. The van der Waals surface area contributed by atoms with Crippen molar-refractivity contribution in [3.63, 3.8) is 0 Å². The number of amides is 1. The van der Waals surface area contributed by atoms with E-state index in [0.29, 0.717) is 24.5 Å². The molecule has 1 amide bonds. The Morgan fingerprint density at radius 3 is 2.57 bits per heavy atom. The molecular formula is C16H26N2O3. The van der Waals surface area contributed by atoms with E-state index in [-0.39, 0.29) is 11.9 Å². The van der Waals surface area contributed by atoms with Crippen LogP contribution in [0.4, 0.5) is 5.69 Å². The van der Waals surface area contributed by atoms with Gasteiger partial charge in [0.15, 0.2) is 0 Å². The molecule has 0 saturated heterocycles. The van der Waals surface area contributed by atoms with Gasteiger partial charge in [-0.25, -0.2) is 0 Å². The number of aliphatic hydroxyl groups is 1. The quantitative estimate of drug-likeness (QED) is 0.808. The lowest BCUT2D eigenvalue weighted by Crippen LogP contribution is -2.48. The monoisotopic (exact) mass is 294 g/mol. The van der Waals surface area contributed by atoms with Gasteiger partial charge in [0, 0.05) is 6.54 Å². The SMILES string of the molecule is CCN(CC(C)(C)O)C(C)C(=O)Nc1ccccc1OC. The zero-order valence-electron chi connectivity index (χ0n) is 13.5. The first-order valence-corrected chi connectivity index (χ1v) is 7.18. The molecule has 0 bridgehead atoms. The Labute approximate surface area is 126 Å². The number of nitrogens with one attached hydrogen (secondary N) is 1. The van der Waals surface area contributed by atoms with Crippen LogP contribution in [0.1, 0.15) is 27.7 Å². The van der Waals surface area contributed by atoms with Gasteiger partial charge < -0.3 is 15.2 Å². The molecule has 0 fully saturated rings. The number of carbonyl (C=O) groups is 1. The third-order valence-corrected chi connectivity index (χ3v) is 3.29. The number of benzene rings is 1. The largest absolute Gasteiger partial charge is 0.495 e. The number of likely N-dealkylation sites (N-methyl/N-ethyl adjacent to an activating group) is 1. The Morgan fingerprint density at radius 1 is 1.43 bits per heavy atom. The number of para-hydroxylation sites is 2. The Morgan fingerprint density at radius 2 is 2.05 bits per heavy atom. The van der Waals surface area contributed by atoms with E-state index in [2.05, 4.69) is 5.32 Å². The molecule has 1 aromatic rings. The fourth-order valence-corrected chi connectivity index (χ4v) is 2.17. The molecule has 1 unspecified atom stereocenters. The van der Waals surface area contributed by atoms with Gasteiger partial charge in [0.25, 0.3) is 0 Å². The van der Waals surface area contributed by atoms with Crippen LogP contribution in [-0.2, 0) is 4.79 Å². The summed E-state index contributed by atoms with van der Waals surface area (Å²) in [4.78, 5) is 14.3. The number of hydrogen-bond donors (Lipinski definition) is 2. The average molecular weight is 294 g/mol. The first-order chi connectivity index (χ1) is 9.78. The minimum absolute atomic E-state index is 0.120. The van der Waals surface area contributed by atoms with Crippen LogP contribution >= 0.6 is 0 Å². The first-order valence-electron chi connectivity index (χ1n) is 7.18. The van der Waals surface area contributed by atoms with E-state index in [0.717, 1.165) is 0 Å². The summed E-state index contributed by atoms with van der Waals surface area (Å²) in [7, 11) is 1.57. The van der Waals surface area contributed by atoms with Crippen LogP contribution in [0.3, 0.4) is 0 Å². The lowest BCUT2D eigenvalue weighted by Gasteiger charge is -2.32. The molecule has 0 saturated carbocycles. The number of hydrogen-bond acceptors (Lipinski definition) is 4. The smallest absolute Gasteiger partial charge is 0.241 e. The predicted molar refractivity (Wildman–Crippen MR) is 84.6 cm³/mol. The summed E-state index contributed by atoms with van der Waals surface area (Å²) in [6, 6.07) is 6.96. The normalized spacial score (nSPS) is 13.1. The Hall–Kier alpha value is -1.59. The number of nitrogens with zero attached hydrogens (tertiary/aromatic N) is 1. The summed E-state index contributed by atoms with van der Waals surface area (Å²) in [5.41, 5.74) is -0.189. The Balaban J connectivity index is 2.77. The highest BCUT2D eigenvalue weighted by Gasteiger charge is 2.25. The van der Waals surface area contributed by atoms with Gasteiger partial charge in [-0.3, -0.25) is 9.69 Å². The second-order valence-electron chi connectivity index (χ2n) is 5.74. The van der Waals surface area contributed by atoms with E-state index in [1.807, 2.05) is 30.9 Å². The lowest BCUT2D eigenvalue weighted by molar-refractivity contribution is -0.121. The molecule has 1 rings (SSSR count). The number of carbonyl (C=O) groups excluding carboxylic acids is 1. The second kappa shape index (κ2) is 7.43. The van der Waals surface area contributed by atoms with Crippen molar-refractivity contribution < 1.29 is 14.6 Å². The van der Waals surface area contributed by atoms with Crippen LogP contribution in [0.15, 0.2) is 24.3 Å². The van der Waals surface area contributed by atoms with E-state index >= 15 is 0 Å². The van der Waals surface area contributed by atoms with Gasteiger partial charge in [-0.2, -0.15) is 0 Å². The van der Waals surface area contributed by atoms with Gasteiger partial charge in [0.2, 0.25) is 5.91 Å². The van der Waals surface area contributed by atoms with Crippen molar-refractivity contribution in [2.75, 3.05) is 25.5 Å². The molecule has 118 valence electrons. The fraction of sp³-hybridized carbons (Fsp3) is 0.562. The van der Waals surface area contributed by atoms with Crippen molar-refractivity contribution in [1.29, 1.82) is 0 Å². The Kier molecular flexibility index (Phi) is 6.18. The van der Waals surface area contributed by atoms with Gasteiger partial charge >= 0.3 is 0 Å². The molecule has 5 nitrogen and oxygen atoms in total. The van der Waals surface area contributed by atoms with Crippen LogP contribution in [0.25, 0.3) is 0 Å². The van der Waals surface area contributed by atoms with Gasteiger partial charge in [-0.05, 0) is 39.4 Å². The second-order valence-corrected chi connectivity index (χ2v) is 5.74. The molecule has 5 heteroatoms. The third-order valence-electron chi connectivity index (χ3n) is 3.29. The third kappa shape index (κ3) is 5.36. The van der Waals surface area contributed by atoms with Crippen molar-refractivity contribution in [3.8, 4) is 5.75 Å². The number of rotatable bonds is 7. The molecule has 1 aromatic carbocycles. The summed E-state index contributed by atoms with van der Waals surface area (Å²) < 4.78 is 5.23.